The molecule has 0 atom stereocenters. The van der Waals surface area contributed by atoms with Gasteiger partial charge in [0.1, 0.15) is 0 Å². The molecular weight excluding hydrogens is 576 g/mol. The molecule has 0 aliphatic carbocycles. The van der Waals surface area contributed by atoms with Crippen LogP contribution in [0.15, 0.2) is 0 Å². The lowest BCUT2D eigenvalue weighted by Gasteiger charge is -2.31. The van der Waals surface area contributed by atoms with Crippen molar-refractivity contribution in [1.29, 1.82) is 0 Å². The molecule has 43 heavy (non-hydrogen) atoms. The number of nitrogens with one attached hydrogen (secondary N) is 1. The van der Waals surface area contributed by atoms with Crippen LogP contribution < -0.4 is 22.5 Å². The third-order valence-electron chi connectivity index (χ3n) is 6.94. The van der Waals surface area contributed by atoms with Crippen molar-refractivity contribution in [3.63, 3.8) is 0 Å². The van der Waals surface area contributed by atoms with E-state index in [-0.39, 0.29) is 32.1 Å². The first-order chi connectivity index (χ1) is 20.5. The van der Waals surface area contributed by atoms with E-state index in [4.69, 9.17) is 30.5 Å². The maximum atomic E-state index is 12.9. The molecule has 1 saturated heterocycles. The van der Waals surface area contributed by atoms with Gasteiger partial charge >= 0.3 is 8.80 Å². The molecule has 0 aromatic rings. The first-order valence-electron chi connectivity index (χ1n) is 15.4. The molecule has 4 amide bonds. The SMILES string of the molecule is CCO[Si](CCCNC(=O)CN1CCCN(CC(N)=O)CCN(CC(N)=O)CCCN(CC(N)=O)CC1)(OCC)OCC. The average molecular weight is 633 g/mol. The van der Waals surface area contributed by atoms with Gasteiger partial charge < -0.3 is 35.8 Å². The molecular formula is C27H56N8O7Si. The maximum Gasteiger partial charge on any atom is 0.500 e. The van der Waals surface area contributed by atoms with E-state index in [0.29, 0.717) is 104 Å². The summed E-state index contributed by atoms with van der Waals surface area (Å²) < 4.78 is 17.7. The van der Waals surface area contributed by atoms with Crippen LogP contribution in [-0.2, 0) is 32.5 Å². The van der Waals surface area contributed by atoms with Crippen molar-refractivity contribution in [1.82, 2.24) is 24.9 Å². The molecule has 0 unspecified atom stereocenters. The predicted octanol–water partition coefficient (Wildman–Crippen LogP) is -2.00. The van der Waals surface area contributed by atoms with Gasteiger partial charge in [0.2, 0.25) is 23.6 Å². The third kappa shape index (κ3) is 18.3. The molecule has 0 aromatic carbocycles. The fraction of sp³-hybridized carbons (Fsp3) is 0.852. The molecule has 0 spiro atoms. The van der Waals surface area contributed by atoms with Crippen molar-refractivity contribution >= 4 is 32.4 Å². The number of amides is 4. The Morgan fingerprint density at radius 1 is 0.605 bits per heavy atom. The van der Waals surface area contributed by atoms with E-state index in [1.165, 1.54) is 0 Å². The van der Waals surface area contributed by atoms with Gasteiger partial charge in [-0.3, -0.25) is 38.8 Å². The largest absolute Gasteiger partial charge is 0.500 e. The quantitative estimate of drug-likeness (QED) is 0.0962. The number of carbonyl (C=O) groups excluding carboxylic acids is 4. The molecule has 1 aliphatic heterocycles. The molecule has 16 heteroatoms. The van der Waals surface area contributed by atoms with E-state index in [1.54, 1.807) is 0 Å². The van der Waals surface area contributed by atoms with Crippen LogP contribution in [0.3, 0.4) is 0 Å². The van der Waals surface area contributed by atoms with Crippen LogP contribution in [0.1, 0.15) is 40.0 Å². The summed E-state index contributed by atoms with van der Waals surface area (Å²) in [5, 5.41) is 3.00. The molecule has 250 valence electrons. The zero-order valence-corrected chi connectivity index (χ0v) is 27.5. The number of nitrogens with zero attached hydrogens (tertiary/aromatic N) is 4. The molecule has 0 bridgehead atoms. The Kier molecular flexibility index (Phi) is 20.2. The van der Waals surface area contributed by atoms with Crippen molar-refractivity contribution < 1.29 is 32.5 Å². The minimum atomic E-state index is -2.77. The van der Waals surface area contributed by atoms with E-state index >= 15 is 0 Å². The van der Waals surface area contributed by atoms with Gasteiger partial charge in [0.15, 0.2) is 0 Å². The smallest absolute Gasteiger partial charge is 0.374 e. The molecule has 7 N–H and O–H groups in total. The van der Waals surface area contributed by atoms with Gasteiger partial charge in [-0.15, -0.1) is 0 Å². The number of primary amides is 3. The van der Waals surface area contributed by atoms with Gasteiger partial charge in [-0.25, -0.2) is 0 Å². The number of hydrogen-bond donors (Lipinski definition) is 4. The van der Waals surface area contributed by atoms with Gasteiger partial charge in [-0.2, -0.15) is 0 Å². The van der Waals surface area contributed by atoms with Gasteiger partial charge in [0.05, 0.1) is 26.2 Å². The zero-order valence-electron chi connectivity index (χ0n) is 26.5. The summed E-state index contributed by atoms with van der Waals surface area (Å²) >= 11 is 0. The van der Waals surface area contributed by atoms with Crippen LogP contribution in [0.4, 0.5) is 0 Å². The summed E-state index contributed by atoms with van der Waals surface area (Å²) in [4.78, 5) is 55.9. The van der Waals surface area contributed by atoms with Crippen molar-refractivity contribution in [2.24, 2.45) is 17.2 Å². The lowest BCUT2D eigenvalue weighted by Crippen LogP contribution is -2.47. The molecule has 0 aromatic heterocycles. The Hall–Kier alpha value is -2.18. The first kappa shape index (κ1) is 38.8. The van der Waals surface area contributed by atoms with E-state index in [0.717, 1.165) is 0 Å². The van der Waals surface area contributed by atoms with Crippen molar-refractivity contribution in [3.8, 4) is 0 Å². The summed E-state index contributed by atoms with van der Waals surface area (Å²) in [6.45, 7) is 12.8. The highest BCUT2D eigenvalue weighted by Gasteiger charge is 2.39. The Morgan fingerprint density at radius 2 is 0.953 bits per heavy atom. The first-order valence-corrected chi connectivity index (χ1v) is 17.4. The highest BCUT2D eigenvalue weighted by Crippen LogP contribution is 2.17. The molecule has 1 fully saturated rings. The highest BCUT2D eigenvalue weighted by molar-refractivity contribution is 6.60. The summed E-state index contributed by atoms with van der Waals surface area (Å²) in [5.41, 5.74) is 16.4. The van der Waals surface area contributed by atoms with Crippen molar-refractivity contribution in [2.45, 2.75) is 46.1 Å². The summed E-state index contributed by atoms with van der Waals surface area (Å²) in [7, 11) is -2.77. The Balaban J connectivity index is 2.85. The summed E-state index contributed by atoms with van der Waals surface area (Å²) in [6.07, 6.45) is 2.05. The van der Waals surface area contributed by atoms with Gasteiger partial charge in [0, 0.05) is 58.6 Å². The standard InChI is InChI=1S/C27H56N8O7Si/c1-4-40-43(41-5-2,42-6-3)19-7-10-31-27(39)23-35-14-9-13-33(21-25(29)37)16-15-32(20-24(28)36)11-8-12-34(17-18-35)22-26(30)38/h4-23H2,1-3H3,(H2,28,36)(H2,29,37)(H2,30,38)(H,31,39). The minimum Gasteiger partial charge on any atom is -0.374 e. The van der Waals surface area contributed by atoms with E-state index in [9.17, 15) is 19.2 Å². The monoisotopic (exact) mass is 632 g/mol. The lowest BCUT2D eigenvalue weighted by molar-refractivity contribution is -0.123. The van der Waals surface area contributed by atoms with Gasteiger partial charge in [-0.05, 0) is 66.2 Å². The number of nitrogens with two attached hydrogens (primary N) is 3. The molecule has 15 nitrogen and oxygen atoms in total. The maximum absolute atomic E-state index is 12.9. The minimum absolute atomic E-state index is 0.102. The van der Waals surface area contributed by atoms with Gasteiger partial charge in [-0.1, -0.05) is 0 Å². The predicted molar refractivity (Wildman–Crippen MR) is 166 cm³/mol. The van der Waals surface area contributed by atoms with Gasteiger partial charge in [0.25, 0.3) is 0 Å². The fourth-order valence-corrected chi connectivity index (χ4v) is 7.75. The molecule has 1 rings (SSSR count). The van der Waals surface area contributed by atoms with E-state index in [1.807, 2.05) is 35.5 Å². The van der Waals surface area contributed by atoms with E-state index in [2.05, 4.69) is 10.2 Å². The molecule has 0 saturated carbocycles. The Labute approximate surface area is 258 Å². The van der Waals surface area contributed by atoms with Crippen molar-refractivity contribution in [3.05, 3.63) is 0 Å². The third-order valence-corrected chi connectivity index (χ3v) is 10.1. The lowest BCUT2D eigenvalue weighted by atomic mass is 10.2. The molecule has 0 radical (unpaired) electrons. The number of hydrogen-bond acceptors (Lipinski definition) is 11. The van der Waals surface area contributed by atoms with Crippen LogP contribution >= 0.6 is 0 Å². The summed E-state index contributed by atoms with van der Waals surface area (Å²) in [6, 6.07) is 0.612. The number of carbonyl (C=O) groups is 4. The van der Waals surface area contributed by atoms with Crippen LogP contribution in [0.25, 0.3) is 0 Å². The second-order valence-corrected chi connectivity index (χ2v) is 13.4. The highest BCUT2D eigenvalue weighted by atomic mass is 28.4. The normalized spacial score (nSPS) is 17.7. The topological polar surface area (TPSA) is 199 Å². The van der Waals surface area contributed by atoms with Crippen LogP contribution in [0.2, 0.25) is 6.04 Å². The fourth-order valence-electron chi connectivity index (χ4n) is 5.14. The molecule has 1 heterocycles. The van der Waals surface area contributed by atoms with Crippen molar-refractivity contribution in [2.75, 3.05) is 105 Å². The summed E-state index contributed by atoms with van der Waals surface area (Å²) in [5.74, 6) is -1.38. The van der Waals surface area contributed by atoms with Crippen LogP contribution in [0, 0.1) is 0 Å². The average Bonchev–Trinajstić information content (AvgIpc) is 2.91. The second kappa shape index (κ2) is 22.3. The Morgan fingerprint density at radius 3 is 1.28 bits per heavy atom. The van der Waals surface area contributed by atoms with E-state index < -0.39 is 26.5 Å². The van der Waals surface area contributed by atoms with Crippen LogP contribution in [0.5, 0.6) is 0 Å². The second-order valence-electron chi connectivity index (χ2n) is 10.6. The molecule has 1 aliphatic rings. The zero-order chi connectivity index (χ0) is 32.1. The van der Waals surface area contributed by atoms with Crippen LogP contribution in [-0.4, -0.2) is 157 Å². The number of rotatable bonds is 18. The Bertz CT molecular complexity index is 824.